The third kappa shape index (κ3) is 3.72. The standard InChI is InChI=1S/C21H20N2O3S2/c1-14(15-6-3-2-4-7-15)22-19(24)17-13-28-21(16-9-10-26-12-16)23(17)20(25)18-8-5-11-27-18/h2-12,14,17,21H,13H2,1H3,(H,22,24). The van der Waals surface area contributed by atoms with Crippen LogP contribution in [0.5, 0.6) is 0 Å². The molecular weight excluding hydrogens is 392 g/mol. The predicted molar refractivity (Wildman–Crippen MR) is 111 cm³/mol. The van der Waals surface area contributed by atoms with Gasteiger partial charge in [0.2, 0.25) is 5.91 Å². The van der Waals surface area contributed by atoms with E-state index in [2.05, 4.69) is 5.32 Å². The number of carbonyl (C=O) groups excluding carboxylic acids is 2. The molecule has 3 heterocycles. The molecule has 1 N–H and O–H groups in total. The molecule has 144 valence electrons. The summed E-state index contributed by atoms with van der Waals surface area (Å²) < 4.78 is 5.21. The van der Waals surface area contributed by atoms with Gasteiger partial charge in [-0.2, -0.15) is 0 Å². The third-order valence-electron chi connectivity index (χ3n) is 4.76. The number of rotatable bonds is 5. The van der Waals surface area contributed by atoms with Gasteiger partial charge in [-0.15, -0.1) is 23.1 Å². The molecule has 0 spiro atoms. The topological polar surface area (TPSA) is 62.6 Å². The number of furan rings is 1. The van der Waals surface area contributed by atoms with Crippen LogP contribution < -0.4 is 5.32 Å². The van der Waals surface area contributed by atoms with Gasteiger partial charge in [-0.05, 0) is 30.0 Å². The van der Waals surface area contributed by atoms with Crippen molar-refractivity contribution < 1.29 is 14.0 Å². The molecule has 0 aliphatic carbocycles. The molecule has 0 saturated carbocycles. The number of amides is 2. The van der Waals surface area contributed by atoms with E-state index in [0.717, 1.165) is 11.1 Å². The van der Waals surface area contributed by atoms with Gasteiger partial charge >= 0.3 is 0 Å². The van der Waals surface area contributed by atoms with Crippen LogP contribution in [0.15, 0.2) is 70.9 Å². The Balaban J connectivity index is 1.57. The van der Waals surface area contributed by atoms with E-state index in [1.54, 1.807) is 35.3 Å². The van der Waals surface area contributed by atoms with Crippen molar-refractivity contribution in [3.8, 4) is 0 Å². The third-order valence-corrected chi connectivity index (χ3v) is 6.94. The second kappa shape index (κ2) is 8.24. The second-order valence-corrected chi connectivity index (χ2v) is 8.65. The number of nitrogens with one attached hydrogen (secondary N) is 1. The van der Waals surface area contributed by atoms with E-state index in [-0.39, 0.29) is 23.2 Å². The van der Waals surface area contributed by atoms with Gasteiger partial charge in [-0.25, -0.2) is 0 Å². The minimum Gasteiger partial charge on any atom is -0.472 e. The number of thioether (sulfide) groups is 1. The van der Waals surface area contributed by atoms with Crippen molar-refractivity contribution in [1.29, 1.82) is 0 Å². The molecule has 1 aliphatic heterocycles. The molecule has 2 amide bonds. The van der Waals surface area contributed by atoms with Crippen molar-refractivity contribution in [2.75, 3.05) is 5.75 Å². The highest BCUT2D eigenvalue weighted by Crippen LogP contribution is 2.42. The van der Waals surface area contributed by atoms with Gasteiger partial charge in [0.05, 0.1) is 23.4 Å². The highest BCUT2D eigenvalue weighted by atomic mass is 32.2. The Kier molecular flexibility index (Phi) is 5.54. The van der Waals surface area contributed by atoms with Crippen LogP contribution in [-0.4, -0.2) is 28.5 Å². The smallest absolute Gasteiger partial charge is 0.265 e. The van der Waals surface area contributed by atoms with Crippen LogP contribution in [0.1, 0.15) is 39.1 Å². The maximum atomic E-state index is 13.2. The quantitative estimate of drug-likeness (QED) is 0.671. The minimum absolute atomic E-state index is 0.126. The molecule has 28 heavy (non-hydrogen) atoms. The molecule has 1 aromatic carbocycles. The molecular formula is C21H20N2O3S2. The molecule has 3 unspecified atom stereocenters. The summed E-state index contributed by atoms with van der Waals surface area (Å²) in [5, 5.41) is 4.70. The summed E-state index contributed by atoms with van der Waals surface area (Å²) in [4.78, 5) is 28.6. The van der Waals surface area contributed by atoms with Gasteiger partial charge < -0.3 is 14.6 Å². The zero-order valence-electron chi connectivity index (χ0n) is 15.3. The summed E-state index contributed by atoms with van der Waals surface area (Å²) in [5.74, 6) is 0.277. The van der Waals surface area contributed by atoms with Crippen molar-refractivity contribution in [3.63, 3.8) is 0 Å². The van der Waals surface area contributed by atoms with Crippen LogP contribution in [0, 0.1) is 0 Å². The van der Waals surface area contributed by atoms with Gasteiger partial charge in [0.1, 0.15) is 11.4 Å². The maximum absolute atomic E-state index is 13.2. The van der Waals surface area contributed by atoms with Crippen molar-refractivity contribution in [3.05, 3.63) is 82.4 Å². The molecule has 3 atom stereocenters. The van der Waals surface area contributed by atoms with E-state index in [9.17, 15) is 9.59 Å². The summed E-state index contributed by atoms with van der Waals surface area (Å²) in [6, 6.07) is 14.6. The molecule has 1 fully saturated rings. The van der Waals surface area contributed by atoms with E-state index in [1.165, 1.54) is 11.3 Å². The Bertz CT molecular complexity index is 926. The Hall–Kier alpha value is -2.51. The first kappa shape index (κ1) is 18.8. The van der Waals surface area contributed by atoms with Crippen LogP contribution in [0.25, 0.3) is 0 Å². The van der Waals surface area contributed by atoms with Gasteiger partial charge in [-0.3, -0.25) is 9.59 Å². The van der Waals surface area contributed by atoms with Crippen LogP contribution in [0.4, 0.5) is 0 Å². The predicted octanol–water partition coefficient (Wildman–Crippen LogP) is 4.47. The summed E-state index contributed by atoms with van der Waals surface area (Å²) in [5.41, 5.74) is 1.92. The highest BCUT2D eigenvalue weighted by molar-refractivity contribution is 7.99. The lowest BCUT2D eigenvalue weighted by Gasteiger charge is -2.29. The van der Waals surface area contributed by atoms with Gasteiger partial charge in [0.25, 0.3) is 5.91 Å². The maximum Gasteiger partial charge on any atom is 0.265 e. The van der Waals surface area contributed by atoms with Crippen molar-refractivity contribution >= 4 is 34.9 Å². The fraction of sp³-hybridized carbons (Fsp3) is 0.238. The summed E-state index contributed by atoms with van der Waals surface area (Å²) in [7, 11) is 0. The van der Waals surface area contributed by atoms with Crippen molar-refractivity contribution in [2.45, 2.75) is 24.4 Å². The zero-order valence-corrected chi connectivity index (χ0v) is 16.9. The number of hydrogen-bond donors (Lipinski definition) is 1. The number of carbonyl (C=O) groups is 2. The summed E-state index contributed by atoms with van der Waals surface area (Å²) in [6.45, 7) is 1.95. The Morgan fingerprint density at radius 2 is 2.00 bits per heavy atom. The zero-order chi connectivity index (χ0) is 19.5. The van der Waals surface area contributed by atoms with Crippen LogP contribution in [-0.2, 0) is 4.79 Å². The van der Waals surface area contributed by atoms with Crippen molar-refractivity contribution in [2.24, 2.45) is 0 Å². The first-order chi connectivity index (χ1) is 13.6. The lowest BCUT2D eigenvalue weighted by molar-refractivity contribution is -0.125. The van der Waals surface area contributed by atoms with E-state index in [4.69, 9.17) is 4.42 Å². The molecule has 3 aromatic rings. The number of thiophene rings is 1. The second-order valence-electron chi connectivity index (χ2n) is 6.59. The molecule has 1 saturated heterocycles. The molecule has 7 heteroatoms. The van der Waals surface area contributed by atoms with Crippen LogP contribution >= 0.6 is 23.1 Å². The Morgan fingerprint density at radius 3 is 2.68 bits per heavy atom. The average molecular weight is 413 g/mol. The fourth-order valence-corrected chi connectivity index (χ4v) is 5.36. The normalized spacial score (nSPS) is 20.1. The van der Waals surface area contributed by atoms with Gasteiger partial charge in [0, 0.05) is 11.3 Å². The molecule has 4 rings (SSSR count). The number of nitrogens with zero attached hydrogens (tertiary/aromatic N) is 1. The lowest BCUT2D eigenvalue weighted by Crippen LogP contribution is -2.48. The SMILES string of the molecule is CC(NC(=O)C1CSC(c2ccoc2)N1C(=O)c1cccs1)c1ccccc1. The molecule has 2 aromatic heterocycles. The minimum atomic E-state index is -0.536. The monoisotopic (exact) mass is 412 g/mol. The largest absolute Gasteiger partial charge is 0.472 e. The molecule has 1 aliphatic rings. The molecule has 0 bridgehead atoms. The van der Waals surface area contributed by atoms with Crippen LogP contribution in [0.3, 0.4) is 0 Å². The van der Waals surface area contributed by atoms with E-state index in [1.807, 2.05) is 54.8 Å². The van der Waals surface area contributed by atoms with Crippen molar-refractivity contribution in [1.82, 2.24) is 10.2 Å². The first-order valence-corrected chi connectivity index (χ1v) is 10.9. The number of benzene rings is 1. The Morgan fingerprint density at radius 1 is 1.18 bits per heavy atom. The average Bonchev–Trinajstić information content (AvgIpc) is 3.49. The van der Waals surface area contributed by atoms with Gasteiger partial charge in [-0.1, -0.05) is 36.4 Å². The summed E-state index contributed by atoms with van der Waals surface area (Å²) >= 11 is 2.97. The highest BCUT2D eigenvalue weighted by Gasteiger charge is 2.43. The van der Waals surface area contributed by atoms with Crippen LogP contribution in [0.2, 0.25) is 0 Å². The Labute approximate surface area is 171 Å². The van der Waals surface area contributed by atoms with E-state index in [0.29, 0.717) is 10.6 Å². The fourth-order valence-electron chi connectivity index (χ4n) is 3.29. The number of hydrogen-bond acceptors (Lipinski definition) is 5. The van der Waals surface area contributed by atoms with E-state index < -0.39 is 6.04 Å². The molecule has 0 radical (unpaired) electrons. The van der Waals surface area contributed by atoms with Gasteiger partial charge in [0.15, 0.2) is 0 Å². The van der Waals surface area contributed by atoms with E-state index >= 15 is 0 Å². The molecule has 5 nitrogen and oxygen atoms in total. The summed E-state index contributed by atoms with van der Waals surface area (Å²) in [6.07, 6.45) is 3.23. The first-order valence-electron chi connectivity index (χ1n) is 9.00. The lowest BCUT2D eigenvalue weighted by atomic mass is 10.1.